The molecule has 0 fully saturated rings. The lowest BCUT2D eigenvalue weighted by Crippen LogP contribution is -2.13. The van der Waals surface area contributed by atoms with Gasteiger partial charge in [-0.2, -0.15) is 0 Å². The Morgan fingerprint density at radius 3 is 2.64 bits per heavy atom. The first kappa shape index (κ1) is 16.2. The van der Waals surface area contributed by atoms with Gasteiger partial charge >= 0.3 is 5.97 Å². The van der Waals surface area contributed by atoms with Crippen molar-refractivity contribution in [2.45, 2.75) is 6.92 Å². The molecule has 0 unspecified atom stereocenters. The van der Waals surface area contributed by atoms with E-state index in [-0.39, 0.29) is 12.2 Å². The molecule has 0 aliphatic heterocycles. The van der Waals surface area contributed by atoms with E-state index >= 15 is 0 Å². The monoisotopic (exact) mass is 365 g/mol. The van der Waals surface area contributed by atoms with Crippen LogP contribution in [0.4, 0.5) is 10.1 Å². The Labute approximate surface area is 135 Å². The molecule has 0 atom stereocenters. The van der Waals surface area contributed by atoms with E-state index in [1.165, 1.54) is 18.2 Å². The summed E-state index contributed by atoms with van der Waals surface area (Å²) in [5, 5.41) is 2.62. The molecule has 2 rings (SSSR count). The van der Waals surface area contributed by atoms with Crippen LogP contribution in [0.1, 0.15) is 27.6 Å². The summed E-state index contributed by atoms with van der Waals surface area (Å²) in [6, 6.07) is 10.3. The number of anilines is 1. The largest absolute Gasteiger partial charge is 0.462 e. The van der Waals surface area contributed by atoms with Gasteiger partial charge in [-0.25, -0.2) is 9.18 Å². The van der Waals surface area contributed by atoms with Crippen LogP contribution in [0, 0.1) is 5.82 Å². The molecule has 0 aliphatic carbocycles. The Morgan fingerprint density at radius 2 is 1.95 bits per heavy atom. The van der Waals surface area contributed by atoms with Crippen LogP contribution in [-0.4, -0.2) is 18.5 Å². The van der Waals surface area contributed by atoms with E-state index in [1.807, 2.05) is 0 Å². The minimum atomic E-state index is -0.514. The van der Waals surface area contributed by atoms with Gasteiger partial charge in [0, 0.05) is 15.7 Å². The molecule has 0 spiro atoms. The van der Waals surface area contributed by atoms with Crippen molar-refractivity contribution >= 4 is 33.5 Å². The van der Waals surface area contributed by atoms with Crippen molar-refractivity contribution < 1.29 is 18.7 Å². The zero-order chi connectivity index (χ0) is 16.1. The Kier molecular flexibility index (Phi) is 5.27. The molecule has 2 aromatic rings. The standard InChI is InChI=1S/C16H13BrFNO3/c1-2-22-16(21)10-4-3-5-14(8-10)19-15(20)11-6-12(17)9-13(18)7-11/h3-9H,2H2,1H3,(H,19,20). The highest BCUT2D eigenvalue weighted by molar-refractivity contribution is 9.10. The molecule has 0 radical (unpaired) electrons. The Balaban J connectivity index is 2.18. The van der Waals surface area contributed by atoms with Crippen molar-refractivity contribution in [2.24, 2.45) is 0 Å². The van der Waals surface area contributed by atoms with Crippen molar-refractivity contribution in [3.8, 4) is 0 Å². The summed E-state index contributed by atoms with van der Waals surface area (Å²) >= 11 is 3.13. The zero-order valence-electron chi connectivity index (χ0n) is 11.7. The van der Waals surface area contributed by atoms with Crippen molar-refractivity contribution in [1.29, 1.82) is 0 Å². The van der Waals surface area contributed by atoms with Crippen molar-refractivity contribution in [3.05, 3.63) is 63.9 Å². The third-order valence-corrected chi connectivity index (χ3v) is 3.21. The van der Waals surface area contributed by atoms with Crippen molar-refractivity contribution in [1.82, 2.24) is 0 Å². The van der Waals surface area contributed by atoms with E-state index in [2.05, 4.69) is 21.2 Å². The predicted octanol–water partition coefficient (Wildman–Crippen LogP) is 4.02. The van der Waals surface area contributed by atoms with E-state index in [1.54, 1.807) is 25.1 Å². The lowest BCUT2D eigenvalue weighted by molar-refractivity contribution is 0.0526. The highest BCUT2D eigenvalue weighted by Crippen LogP contribution is 2.17. The SMILES string of the molecule is CCOC(=O)c1cccc(NC(=O)c2cc(F)cc(Br)c2)c1. The van der Waals surface area contributed by atoms with Gasteiger partial charge in [-0.15, -0.1) is 0 Å². The fourth-order valence-corrected chi connectivity index (χ4v) is 2.29. The molecule has 6 heteroatoms. The number of rotatable bonds is 4. The van der Waals surface area contributed by atoms with E-state index in [0.29, 0.717) is 15.7 Å². The fraction of sp³-hybridized carbons (Fsp3) is 0.125. The van der Waals surface area contributed by atoms with Gasteiger partial charge in [0.25, 0.3) is 5.91 Å². The topological polar surface area (TPSA) is 55.4 Å². The molecule has 0 bridgehead atoms. The van der Waals surface area contributed by atoms with Crippen molar-refractivity contribution in [2.75, 3.05) is 11.9 Å². The number of nitrogens with one attached hydrogen (secondary N) is 1. The van der Waals surface area contributed by atoms with Crippen LogP contribution in [0.15, 0.2) is 46.9 Å². The number of hydrogen-bond acceptors (Lipinski definition) is 3. The molecule has 2 aromatic carbocycles. The fourth-order valence-electron chi connectivity index (χ4n) is 1.83. The minimum absolute atomic E-state index is 0.174. The van der Waals surface area contributed by atoms with Crippen molar-refractivity contribution in [3.63, 3.8) is 0 Å². The molecule has 0 aliphatic rings. The maximum atomic E-state index is 13.3. The van der Waals surface area contributed by atoms with Gasteiger partial charge in [-0.3, -0.25) is 4.79 Å². The smallest absolute Gasteiger partial charge is 0.338 e. The van der Waals surface area contributed by atoms with Gasteiger partial charge in [0.15, 0.2) is 0 Å². The number of hydrogen-bond donors (Lipinski definition) is 1. The van der Waals surface area contributed by atoms with Crippen LogP contribution in [0.3, 0.4) is 0 Å². The Bertz CT molecular complexity index is 698. The normalized spacial score (nSPS) is 10.1. The number of amides is 1. The highest BCUT2D eigenvalue weighted by Gasteiger charge is 2.11. The molecule has 0 heterocycles. The molecular weight excluding hydrogens is 353 g/mol. The molecule has 4 nitrogen and oxygen atoms in total. The second kappa shape index (κ2) is 7.17. The van der Waals surface area contributed by atoms with Crippen LogP contribution in [0.2, 0.25) is 0 Å². The van der Waals surface area contributed by atoms with Crippen LogP contribution in [-0.2, 0) is 4.74 Å². The summed E-state index contributed by atoms with van der Waals surface area (Å²) in [4.78, 5) is 23.8. The van der Waals surface area contributed by atoms with Gasteiger partial charge in [-0.1, -0.05) is 22.0 Å². The second-order valence-corrected chi connectivity index (χ2v) is 5.33. The lowest BCUT2D eigenvalue weighted by Gasteiger charge is -2.08. The predicted molar refractivity (Wildman–Crippen MR) is 84.5 cm³/mol. The summed E-state index contributed by atoms with van der Waals surface area (Å²) in [6.07, 6.45) is 0. The number of carbonyl (C=O) groups is 2. The van der Waals surface area contributed by atoms with Gasteiger partial charge in [0.1, 0.15) is 5.82 Å². The molecule has 1 amide bonds. The average Bonchev–Trinajstić information content (AvgIpc) is 2.46. The van der Waals surface area contributed by atoms with Crippen LogP contribution in [0.25, 0.3) is 0 Å². The molecule has 114 valence electrons. The van der Waals surface area contributed by atoms with E-state index in [0.717, 1.165) is 6.07 Å². The van der Waals surface area contributed by atoms with Gasteiger partial charge < -0.3 is 10.1 Å². The molecule has 0 saturated carbocycles. The summed E-state index contributed by atoms with van der Waals surface area (Å²) in [7, 11) is 0. The lowest BCUT2D eigenvalue weighted by atomic mass is 10.1. The first-order valence-electron chi connectivity index (χ1n) is 6.54. The number of ether oxygens (including phenoxy) is 1. The maximum Gasteiger partial charge on any atom is 0.338 e. The minimum Gasteiger partial charge on any atom is -0.462 e. The van der Waals surface area contributed by atoms with Crippen LogP contribution < -0.4 is 5.32 Å². The molecule has 0 saturated heterocycles. The Hall–Kier alpha value is -2.21. The van der Waals surface area contributed by atoms with Gasteiger partial charge in [0.2, 0.25) is 0 Å². The highest BCUT2D eigenvalue weighted by atomic mass is 79.9. The molecule has 22 heavy (non-hydrogen) atoms. The van der Waals surface area contributed by atoms with Gasteiger partial charge in [-0.05, 0) is 43.3 Å². The Morgan fingerprint density at radius 1 is 1.18 bits per heavy atom. The number of benzene rings is 2. The summed E-state index contributed by atoms with van der Waals surface area (Å²) in [5.41, 5.74) is 0.935. The maximum absolute atomic E-state index is 13.3. The average molecular weight is 366 g/mol. The molecule has 1 N–H and O–H groups in total. The molecule has 0 aromatic heterocycles. The first-order chi connectivity index (χ1) is 10.5. The summed E-state index contributed by atoms with van der Waals surface area (Å²) in [6.45, 7) is 1.98. The van der Waals surface area contributed by atoms with E-state index in [9.17, 15) is 14.0 Å². The second-order valence-electron chi connectivity index (χ2n) is 4.41. The summed E-state index contributed by atoms with van der Waals surface area (Å²) < 4.78 is 18.7. The number of halogens is 2. The summed E-state index contributed by atoms with van der Waals surface area (Å²) in [5.74, 6) is -1.45. The van der Waals surface area contributed by atoms with Crippen LogP contribution >= 0.6 is 15.9 Å². The number of esters is 1. The van der Waals surface area contributed by atoms with Crippen LogP contribution in [0.5, 0.6) is 0 Å². The van der Waals surface area contributed by atoms with Gasteiger partial charge in [0.05, 0.1) is 12.2 Å². The third-order valence-electron chi connectivity index (χ3n) is 2.76. The molecular formula is C16H13BrFNO3. The third kappa shape index (κ3) is 4.14. The number of carbonyl (C=O) groups excluding carboxylic acids is 2. The quantitative estimate of drug-likeness (QED) is 0.832. The van der Waals surface area contributed by atoms with E-state index in [4.69, 9.17) is 4.74 Å². The van der Waals surface area contributed by atoms with E-state index < -0.39 is 17.7 Å². The first-order valence-corrected chi connectivity index (χ1v) is 7.33. The zero-order valence-corrected chi connectivity index (χ0v) is 13.3.